The number of nitrogens with zero attached hydrogens (tertiary/aromatic N) is 1. The minimum absolute atomic E-state index is 0.0840. The van der Waals surface area contributed by atoms with Crippen LogP contribution in [0.25, 0.3) is 0 Å². The molecule has 3 aromatic rings. The van der Waals surface area contributed by atoms with E-state index in [9.17, 15) is 14.9 Å². The van der Waals surface area contributed by atoms with Gasteiger partial charge in [-0.25, -0.2) is 0 Å². The SMILES string of the molecule is CCOc1cc([N+](=O)[O-])c(C(=O)NC(Cc2ccccc2)c2ccccc2)cc1OC. The van der Waals surface area contributed by atoms with Gasteiger partial charge in [-0.3, -0.25) is 14.9 Å². The Balaban J connectivity index is 1.96. The van der Waals surface area contributed by atoms with Gasteiger partial charge in [-0.05, 0) is 24.5 Å². The van der Waals surface area contributed by atoms with E-state index in [2.05, 4.69) is 5.32 Å². The maximum atomic E-state index is 13.2. The lowest BCUT2D eigenvalue weighted by Crippen LogP contribution is -2.30. The number of amides is 1. The molecule has 7 nitrogen and oxygen atoms in total. The fraction of sp³-hybridized carbons (Fsp3) is 0.208. The molecule has 1 amide bonds. The molecule has 3 aromatic carbocycles. The van der Waals surface area contributed by atoms with Crippen molar-refractivity contribution < 1.29 is 19.2 Å². The second kappa shape index (κ2) is 10.2. The first-order valence-electron chi connectivity index (χ1n) is 9.92. The van der Waals surface area contributed by atoms with Crippen molar-refractivity contribution in [2.45, 2.75) is 19.4 Å². The summed E-state index contributed by atoms with van der Waals surface area (Å²) < 4.78 is 10.7. The third kappa shape index (κ3) is 5.39. The summed E-state index contributed by atoms with van der Waals surface area (Å²) >= 11 is 0. The Kier molecular flexibility index (Phi) is 7.22. The maximum absolute atomic E-state index is 13.2. The lowest BCUT2D eigenvalue weighted by molar-refractivity contribution is -0.385. The van der Waals surface area contributed by atoms with E-state index in [1.807, 2.05) is 60.7 Å². The quantitative estimate of drug-likeness (QED) is 0.400. The second-order valence-electron chi connectivity index (χ2n) is 6.84. The van der Waals surface area contributed by atoms with Crippen molar-refractivity contribution in [3.05, 3.63) is 99.6 Å². The Labute approximate surface area is 180 Å². The zero-order chi connectivity index (χ0) is 22.2. The van der Waals surface area contributed by atoms with Gasteiger partial charge in [0, 0.05) is 6.07 Å². The molecule has 0 aliphatic carbocycles. The molecule has 0 radical (unpaired) electrons. The van der Waals surface area contributed by atoms with Crippen LogP contribution in [-0.2, 0) is 6.42 Å². The van der Waals surface area contributed by atoms with Crippen molar-refractivity contribution in [1.82, 2.24) is 5.32 Å². The van der Waals surface area contributed by atoms with Crippen LogP contribution in [0.1, 0.15) is 34.5 Å². The van der Waals surface area contributed by atoms with Gasteiger partial charge >= 0.3 is 0 Å². The number of nitro groups is 1. The fourth-order valence-electron chi connectivity index (χ4n) is 3.33. The summed E-state index contributed by atoms with van der Waals surface area (Å²) in [5.74, 6) is -0.0769. The highest BCUT2D eigenvalue weighted by molar-refractivity contribution is 5.99. The summed E-state index contributed by atoms with van der Waals surface area (Å²) in [6.45, 7) is 2.08. The highest BCUT2D eigenvalue weighted by atomic mass is 16.6. The van der Waals surface area contributed by atoms with Crippen LogP contribution in [0.5, 0.6) is 11.5 Å². The van der Waals surface area contributed by atoms with Gasteiger partial charge in [0.2, 0.25) is 0 Å². The molecule has 3 rings (SSSR count). The first-order chi connectivity index (χ1) is 15.0. The molecule has 31 heavy (non-hydrogen) atoms. The molecule has 0 fully saturated rings. The van der Waals surface area contributed by atoms with E-state index in [-0.39, 0.29) is 28.8 Å². The van der Waals surface area contributed by atoms with Crippen LogP contribution in [-0.4, -0.2) is 24.5 Å². The lowest BCUT2D eigenvalue weighted by atomic mass is 9.98. The molecular weight excluding hydrogens is 396 g/mol. The standard InChI is InChI=1S/C24H24N2O5/c1-3-31-23-16-21(26(28)29)19(15-22(23)30-2)24(27)25-20(18-12-8-5-9-13-18)14-17-10-6-4-7-11-17/h4-13,15-16,20H,3,14H2,1-2H3,(H,25,27). The number of hydrogen-bond acceptors (Lipinski definition) is 5. The first-order valence-corrected chi connectivity index (χ1v) is 9.92. The number of rotatable bonds is 9. The highest BCUT2D eigenvalue weighted by Crippen LogP contribution is 2.35. The predicted octanol–water partition coefficient (Wildman–Crippen LogP) is 4.72. The number of carbonyl (C=O) groups is 1. The molecule has 0 aromatic heterocycles. The topological polar surface area (TPSA) is 90.7 Å². The Morgan fingerprint density at radius 2 is 1.68 bits per heavy atom. The zero-order valence-corrected chi connectivity index (χ0v) is 17.4. The Hall–Kier alpha value is -3.87. The summed E-state index contributed by atoms with van der Waals surface area (Å²) in [5, 5.41) is 14.6. The molecular formula is C24H24N2O5. The second-order valence-corrected chi connectivity index (χ2v) is 6.84. The largest absolute Gasteiger partial charge is 0.493 e. The highest BCUT2D eigenvalue weighted by Gasteiger charge is 2.26. The Morgan fingerprint density at radius 3 is 2.26 bits per heavy atom. The van der Waals surface area contributed by atoms with Gasteiger partial charge in [0.25, 0.3) is 11.6 Å². The average Bonchev–Trinajstić information content (AvgIpc) is 2.79. The number of nitro benzene ring substituents is 1. The summed E-state index contributed by atoms with van der Waals surface area (Å²) in [4.78, 5) is 24.2. The maximum Gasteiger partial charge on any atom is 0.286 e. The summed E-state index contributed by atoms with van der Waals surface area (Å²) in [7, 11) is 1.42. The van der Waals surface area contributed by atoms with Crippen molar-refractivity contribution in [2.75, 3.05) is 13.7 Å². The summed E-state index contributed by atoms with van der Waals surface area (Å²) in [6, 6.07) is 21.5. The van der Waals surface area contributed by atoms with E-state index in [0.717, 1.165) is 11.1 Å². The molecule has 0 spiro atoms. The van der Waals surface area contributed by atoms with Crippen LogP contribution in [0, 0.1) is 10.1 Å². The lowest BCUT2D eigenvalue weighted by Gasteiger charge is -2.20. The molecule has 160 valence electrons. The molecule has 0 heterocycles. The van der Waals surface area contributed by atoms with E-state index in [0.29, 0.717) is 13.0 Å². The first kappa shape index (κ1) is 21.8. The molecule has 7 heteroatoms. The van der Waals surface area contributed by atoms with Crippen molar-refractivity contribution >= 4 is 11.6 Å². The van der Waals surface area contributed by atoms with Crippen molar-refractivity contribution in [2.24, 2.45) is 0 Å². The van der Waals surface area contributed by atoms with Crippen LogP contribution >= 0.6 is 0 Å². The molecule has 1 unspecified atom stereocenters. The van der Waals surface area contributed by atoms with E-state index in [1.54, 1.807) is 6.92 Å². The number of hydrogen-bond donors (Lipinski definition) is 1. The monoisotopic (exact) mass is 420 g/mol. The minimum Gasteiger partial charge on any atom is -0.493 e. The van der Waals surface area contributed by atoms with Gasteiger partial charge < -0.3 is 14.8 Å². The van der Waals surface area contributed by atoms with Gasteiger partial charge in [-0.15, -0.1) is 0 Å². The van der Waals surface area contributed by atoms with Crippen LogP contribution in [0.4, 0.5) is 5.69 Å². The van der Waals surface area contributed by atoms with Crippen LogP contribution in [0.3, 0.4) is 0 Å². The molecule has 0 aliphatic heterocycles. The molecule has 0 saturated carbocycles. The molecule has 1 N–H and O–H groups in total. The number of benzene rings is 3. The van der Waals surface area contributed by atoms with Gasteiger partial charge in [-0.1, -0.05) is 60.7 Å². The Morgan fingerprint density at radius 1 is 1.03 bits per heavy atom. The van der Waals surface area contributed by atoms with Crippen LogP contribution < -0.4 is 14.8 Å². The average molecular weight is 420 g/mol. The van der Waals surface area contributed by atoms with E-state index >= 15 is 0 Å². The van der Waals surface area contributed by atoms with Crippen molar-refractivity contribution in [3.63, 3.8) is 0 Å². The van der Waals surface area contributed by atoms with Gasteiger partial charge in [0.15, 0.2) is 11.5 Å². The van der Waals surface area contributed by atoms with Gasteiger partial charge in [-0.2, -0.15) is 0 Å². The van der Waals surface area contributed by atoms with Crippen LogP contribution in [0.15, 0.2) is 72.8 Å². The number of carbonyl (C=O) groups excluding carboxylic acids is 1. The van der Waals surface area contributed by atoms with Gasteiger partial charge in [0.1, 0.15) is 5.56 Å². The number of ether oxygens (including phenoxy) is 2. The van der Waals surface area contributed by atoms with Crippen molar-refractivity contribution in [3.8, 4) is 11.5 Å². The molecule has 1 atom stereocenters. The number of methoxy groups -OCH3 is 1. The third-order valence-corrected chi connectivity index (χ3v) is 4.81. The van der Waals surface area contributed by atoms with Crippen molar-refractivity contribution in [1.29, 1.82) is 0 Å². The summed E-state index contributed by atoms with van der Waals surface area (Å²) in [5.41, 5.74) is 1.52. The van der Waals surface area contributed by atoms with E-state index in [1.165, 1.54) is 19.2 Å². The fourth-order valence-corrected chi connectivity index (χ4v) is 3.33. The molecule has 0 aliphatic rings. The van der Waals surface area contributed by atoms with Gasteiger partial charge in [0.05, 0.1) is 30.7 Å². The van der Waals surface area contributed by atoms with Crippen LogP contribution in [0.2, 0.25) is 0 Å². The van der Waals surface area contributed by atoms with E-state index < -0.39 is 10.8 Å². The minimum atomic E-state index is -0.592. The predicted molar refractivity (Wildman–Crippen MR) is 118 cm³/mol. The number of nitrogens with one attached hydrogen (secondary N) is 1. The molecule has 0 bridgehead atoms. The normalized spacial score (nSPS) is 11.4. The smallest absolute Gasteiger partial charge is 0.286 e. The molecule has 0 saturated heterocycles. The third-order valence-electron chi connectivity index (χ3n) is 4.81. The summed E-state index contributed by atoms with van der Waals surface area (Å²) in [6.07, 6.45) is 0.540. The Bertz CT molecular complexity index is 1040. The van der Waals surface area contributed by atoms with E-state index in [4.69, 9.17) is 9.47 Å². The zero-order valence-electron chi connectivity index (χ0n) is 17.4.